The van der Waals surface area contributed by atoms with Gasteiger partial charge in [-0.25, -0.2) is 0 Å². The van der Waals surface area contributed by atoms with Crippen molar-refractivity contribution in [2.75, 3.05) is 27.8 Å². The van der Waals surface area contributed by atoms with E-state index < -0.39 is 0 Å². The summed E-state index contributed by atoms with van der Waals surface area (Å²) in [6, 6.07) is 14.8. The molecule has 0 aliphatic rings. The number of hydrogen-bond acceptors (Lipinski definition) is 8. The molecule has 0 saturated heterocycles. The summed E-state index contributed by atoms with van der Waals surface area (Å²) in [7, 11) is 0. The van der Waals surface area contributed by atoms with Gasteiger partial charge in [-0.1, -0.05) is 18.2 Å². The van der Waals surface area contributed by atoms with Gasteiger partial charge in [0.05, 0.1) is 0 Å². The molecule has 122 valence electrons. The second-order valence-electron chi connectivity index (χ2n) is 5.19. The Balaban J connectivity index is 1.73. The van der Waals surface area contributed by atoms with Gasteiger partial charge in [0, 0.05) is 23.6 Å². The number of rotatable bonds is 5. The first-order chi connectivity index (χ1) is 11.6. The van der Waals surface area contributed by atoms with Crippen molar-refractivity contribution < 1.29 is 0 Å². The highest BCUT2D eigenvalue weighted by Crippen LogP contribution is 2.17. The van der Waals surface area contributed by atoms with Gasteiger partial charge in [0.15, 0.2) is 0 Å². The fraction of sp³-hybridized carbons (Fsp3) is 0.0625. The zero-order valence-corrected chi connectivity index (χ0v) is 12.9. The van der Waals surface area contributed by atoms with Crippen molar-refractivity contribution >= 4 is 34.9 Å². The first kappa shape index (κ1) is 15.3. The first-order valence-electron chi connectivity index (χ1n) is 7.31. The molecule has 8 N–H and O–H groups in total. The molecule has 0 spiro atoms. The number of nitrogens with zero attached hydrogens (tertiary/aromatic N) is 3. The SMILES string of the molecule is Nc1cccc(CNc2nc(N)nc(Nc3cccc(N)c3)n2)c1. The molecular formula is C16H18N8. The van der Waals surface area contributed by atoms with E-state index in [4.69, 9.17) is 17.2 Å². The molecule has 1 aromatic heterocycles. The van der Waals surface area contributed by atoms with Crippen LogP contribution in [0.2, 0.25) is 0 Å². The van der Waals surface area contributed by atoms with E-state index in [1.165, 1.54) is 0 Å². The monoisotopic (exact) mass is 322 g/mol. The lowest BCUT2D eigenvalue weighted by molar-refractivity contribution is 1.02. The summed E-state index contributed by atoms with van der Waals surface area (Å²) in [6.07, 6.45) is 0. The van der Waals surface area contributed by atoms with E-state index in [-0.39, 0.29) is 5.95 Å². The molecule has 0 aliphatic carbocycles. The van der Waals surface area contributed by atoms with E-state index in [9.17, 15) is 0 Å². The number of anilines is 6. The molecule has 0 saturated carbocycles. The van der Waals surface area contributed by atoms with E-state index in [2.05, 4.69) is 25.6 Å². The summed E-state index contributed by atoms with van der Waals surface area (Å²) in [5.41, 5.74) is 20.4. The van der Waals surface area contributed by atoms with Gasteiger partial charge < -0.3 is 27.8 Å². The third-order valence-corrected chi connectivity index (χ3v) is 3.20. The minimum Gasteiger partial charge on any atom is -0.399 e. The molecule has 0 aliphatic heterocycles. The van der Waals surface area contributed by atoms with E-state index >= 15 is 0 Å². The van der Waals surface area contributed by atoms with Gasteiger partial charge >= 0.3 is 0 Å². The number of nitrogens with one attached hydrogen (secondary N) is 2. The predicted molar refractivity (Wildman–Crippen MR) is 96.6 cm³/mol. The Morgan fingerprint density at radius 1 is 0.792 bits per heavy atom. The number of nitrogens with two attached hydrogens (primary N) is 3. The van der Waals surface area contributed by atoms with Crippen LogP contribution in [0, 0.1) is 0 Å². The van der Waals surface area contributed by atoms with Gasteiger partial charge in [-0.05, 0) is 35.9 Å². The van der Waals surface area contributed by atoms with Crippen molar-refractivity contribution in [2.24, 2.45) is 0 Å². The van der Waals surface area contributed by atoms with Gasteiger partial charge in [-0.3, -0.25) is 0 Å². The molecule has 0 radical (unpaired) electrons. The topological polar surface area (TPSA) is 141 Å². The smallest absolute Gasteiger partial charge is 0.233 e. The van der Waals surface area contributed by atoms with Crippen molar-refractivity contribution in [3.05, 3.63) is 54.1 Å². The molecule has 1 heterocycles. The van der Waals surface area contributed by atoms with Gasteiger partial charge in [-0.2, -0.15) is 15.0 Å². The fourth-order valence-corrected chi connectivity index (χ4v) is 2.16. The largest absolute Gasteiger partial charge is 0.399 e. The van der Waals surface area contributed by atoms with E-state index in [0.717, 1.165) is 11.3 Å². The second-order valence-corrected chi connectivity index (χ2v) is 5.19. The van der Waals surface area contributed by atoms with Crippen molar-refractivity contribution in [1.29, 1.82) is 0 Å². The van der Waals surface area contributed by atoms with Crippen molar-refractivity contribution in [1.82, 2.24) is 15.0 Å². The molecule has 0 amide bonds. The predicted octanol–water partition coefficient (Wildman–Crippen LogP) is 1.97. The number of hydrogen-bond donors (Lipinski definition) is 5. The quantitative estimate of drug-likeness (QED) is 0.449. The molecule has 0 bridgehead atoms. The van der Waals surface area contributed by atoms with E-state index in [0.29, 0.717) is 29.8 Å². The Bertz CT molecular complexity index is 849. The highest BCUT2D eigenvalue weighted by Gasteiger charge is 2.05. The lowest BCUT2D eigenvalue weighted by Crippen LogP contribution is -2.09. The molecule has 24 heavy (non-hydrogen) atoms. The fourth-order valence-electron chi connectivity index (χ4n) is 2.16. The summed E-state index contributed by atoms with van der Waals surface area (Å²) in [5.74, 6) is 0.825. The molecule has 0 atom stereocenters. The summed E-state index contributed by atoms with van der Waals surface area (Å²) in [4.78, 5) is 12.5. The van der Waals surface area contributed by atoms with Gasteiger partial charge in [0.25, 0.3) is 0 Å². The number of nitrogen functional groups attached to an aromatic ring is 3. The van der Waals surface area contributed by atoms with Gasteiger partial charge in [-0.15, -0.1) is 0 Å². The van der Waals surface area contributed by atoms with E-state index in [1.807, 2.05) is 36.4 Å². The summed E-state index contributed by atoms with van der Waals surface area (Å²) in [6.45, 7) is 0.520. The van der Waals surface area contributed by atoms with Gasteiger partial charge in [0.2, 0.25) is 17.8 Å². The maximum atomic E-state index is 5.76. The lowest BCUT2D eigenvalue weighted by Gasteiger charge is -2.09. The Labute approximate surface area is 139 Å². The third-order valence-electron chi connectivity index (χ3n) is 3.20. The van der Waals surface area contributed by atoms with Crippen LogP contribution in [-0.2, 0) is 6.54 Å². The van der Waals surface area contributed by atoms with Crippen LogP contribution >= 0.6 is 0 Å². The van der Waals surface area contributed by atoms with Crippen LogP contribution in [0.5, 0.6) is 0 Å². The van der Waals surface area contributed by atoms with Crippen LogP contribution in [0.4, 0.5) is 34.9 Å². The highest BCUT2D eigenvalue weighted by molar-refractivity contribution is 5.60. The highest BCUT2D eigenvalue weighted by atomic mass is 15.2. The normalized spacial score (nSPS) is 10.3. The Kier molecular flexibility index (Phi) is 4.28. The van der Waals surface area contributed by atoms with Crippen molar-refractivity contribution in [3.8, 4) is 0 Å². The molecule has 8 nitrogen and oxygen atoms in total. The third kappa shape index (κ3) is 4.01. The number of benzene rings is 2. The van der Waals surface area contributed by atoms with Gasteiger partial charge in [0.1, 0.15) is 0 Å². The zero-order chi connectivity index (χ0) is 16.9. The van der Waals surface area contributed by atoms with Crippen molar-refractivity contribution in [2.45, 2.75) is 6.54 Å². The average Bonchev–Trinajstić information content (AvgIpc) is 2.52. The molecule has 0 fully saturated rings. The molecular weight excluding hydrogens is 304 g/mol. The summed E-state index contributed by atoms with van der Waals surface area (Å²) >= 11 is 0. The molecule has 2 aromatic carbocycles. The van der Waals surface area contributed by atoms with Crippen molar-refractivity contribution in [3.63, 3.8) is 0 Å². The minimum atomic E-state index is 0.117. The Morgan fingerprint density at radius 3 is 2.25 bits per heavy atom. The first-order valence-corrected chi connectivity index (χ1v) is 7.31. The van der Waals surface area contributed by atoms with Crippen LogP contribution in [0.3, 0.4) is 0 Å². The summed E-state index contributed by atoms with van der Waals surface area (Å²) < 4.78 is 0. The summed E-state index contributed by atoms with van der Waals surface area (Å²) in [5, 5.41) is 6.16. The molecule has 3 rings (SSSR count). The van der Waals surface area contributed by atoms with Crippen LogP contribution in [0.1, 0.15) is 5.56 Å². The van der Waals surface area contributed by atoms with Crippen LogP contribution in [0.15, 0.2) is 48.5 Å². The average molecular weight is 322 g/mol. The molecule has 0 unspecified atom stereocenters. The van der Waals surface area contributed by atoms with Crippen LogP contribution in [0.25, 0.3) is 0 Å². The Hall–Kier alpha value is -3.55. The number of aromatic nitrogens is 3. The Morgan fingerprint density at radius 2 is 1.50 bits per heavy atom. The van der Waals surface area contributed by atoms with Crippen LogP contribution < -0.4 is 27.8 Å². The standard InChI is InChI=1S/C16H18N8/c17-11-4-1-3-10(7-11)9-20-15-22-14(19)23-16(24-15)21-13-6-2-5-12(18)8-13/h1-8H,9,17-18H2,(H4,19,20,21,22,23,24). The van der Waals surface area contributed by atoms with E-state index in [1.54, 1.807) is 12.1 Å². The maximum absolute atomic E-state index is 5.76. The molecule has 3 aromatic rings. The minimum absolute atomic E-state index is 0.117. The maximum Gasteiger partial charge on any atom is 0.233 e. The second kappa shape index (κ2) is 6.69. The zero-order valence-electron chi connectivity index (χ0n) is 12.9. The lowest BCUT2D eigenvalue weighted by atomic mass is 10.2. The molecule has 8 heteroatoms. The van der Waals surface area contributed by atoms with Crippen LogP contribution in [-0.4, -0.2) is 15.0 Å².